The largest absolute Gasteiger partial charge is 0.324 e. The number of hydrogen-bond donors (Lipinski definition) is 1. The summed E-state index contributed by atoms with van der Waals surface area (Å²) in [6, 6.07) is 11.0. The van der Waals surface area contributed by atoms with Crippen LogP contribution in [-0.4, -0.2) is 26.5 Å². The molecule has 0 bridgehead atoms. The maximum atomic E-state index is 14.3. The van der Waals surface area contributed by atoms with Crippen molar-refractivity contribution in [2.75, 3.05) is 5.32 Å². The molecule has 1 aliphatic heterocycles. The van der Waals surface area contributed by atoms with Crippen LogP contribution in [0.5, 0.6) is 0 Å². The third-order valence-corrected chi connectivity index (χ3v) is 5.61. The van der Waals surface area contributed by atoms with Crippen molar-refractivity contribution < 1.29 is 14.0 Å². The van der Waals surface area contributed by atoms with Crippen LogP contribution in [0.15, 0.2) is 42.5 Å². The van der Waals surface area contributed by atoms with Crippen LogP contribution < -0.4 is 5.32 Å². The van der Waals surface area contributed by atoms with Crippen molar-refractivity contribution in [1.82, 2.24) is 14.8 Å². The number of nitrogens with zero attached hydrogens (tertiary/aromatic N) is 3. The second-order valence-corrected chi connectivity index (χ2v) is 8.01. The first-order valence-corrected chi connectivity index (χ1v) is 10.7. The first-order chi connectivity index (χ1) is 15.0. The third kappa shape index (κ3) is 4.99. The number of carbonyl (C=O) groups is 2. The van der Waals surface area contributed by atoms with Gasteiger partial charge in [-0.1, -0.05) is 18.0 Å². The SMILES string of the molecule is O=C(CCC(=O)c1ccc(Cl)cc1)Nc1cc(-c2nnc3n2CCCCC3)ccc1F. The molecule has 3 aromatic rings. The van der Waals surface area contributed by atoms with Crippen LogP contribution in [0, 0.1) is 5.82 Å². The molecule has 0 saturated carbocycles. The van der Waals surface area contributed by atoms with Gasteiger partial charge in [0.2, 0.25) is 5.91 Å². The van der Waals surface area contributed by atoms with Crippen LogP contribution >= 0.6 is 11.6 Å². The number of nitrogens with one attached hydrogen (secondary N) is 1. The lowest BCUT2D eigenvalue weighted by Gasteiger charge is -2.10. The van der Waals surface area contributed by atoms with E-state index in [1.807, 2.05) is 0 Å². The molecule has 1 aromatic heterocycles. The van der Waals surface area contributed by atoms with E-state index in [9.17, 15) is 14.0 Å². The molecule has 2 aromatic carbocycles. The number of aromatic nitrogens is 3. The van der Waals surface area contributed by atoms with E-state index < -0.39 is 11.7 Å². The van der Waals surface area contributed by atoms with E-state index in [0.29, 0.717) is 22.0 Å². The standard InChI is InChI=1S/C23H22ClFN4O2/c24-17-8-5-15(6-9-17)20(30)11-12-22(31)26-19-14-16(7-10-18(19)25)23-28-27-21-4-2-1-3-13-29(21)23/h5-10,14H,1-4,11-13H2,(H,26,31). The smallest absolute Gasteiger partial charge is 0.224 e. The van der Waals surface area contributed by atoms with Gasteiger partial charge in [-0.15, -0.1) is 10.2 Å². The Hall–Kier alpha value is -3.06. The summed E-state index contributed by atoms with van der Waals surface area (Å²) >= 11 is 5.83. The molecule has 31 heavy (non-hydrogen) atoms. The number of amides is 1. The Balaban J connectivity index is 1.44. The number of anilines is 1. The van der Waals surface area contributed by atoms with Crippen LogP contribution in [0.4, 0.5) is 10.1 Å². The Kier molecular flexibility index (Phi) is 6.42. The second kappa shape index (κ2) is 9.39. The Bertz CT molecular complexity index is 1110. The number of benzene rings is 2. The van der Waals surface area contributed by atoms with Crippen molar-refractivity contribution in [3.05, 3.63) is 64.7 Å². The molecule has 1 amide bonds. The number of fused-ring (bicyclic) bond motifs is 1. The average molecular weight is 441 g/mol. The summed E-state index contributed by atoms with van der Waals surface area (Å²) in [5.41, 5.74) is 1.24. The zero-order valence-electron chi connectivity index (χ0n) is 16.9. The van der Waals surface area contributed by atoms with Gasteiger partial charge in [0.15, 0.2) is 11.6 Å². The number of carbonyl (C=O) groups excluding carboxylic acids is 2. The van der Waals surface area contributed by atoms with Gasteiger partial charge in [-0.05, 0) is 55.3 Å². The molecule has 0 saturated heterocycles. The zero-order chi connectivity index (χ0) is 21.8. The molecule has 0 fully saturated rings. The lowest BCUT2D eigenvalue weighted by atomic mass is 10.1. The maximum Gasteiger partial charge on any atom is 0.224 e. The van der Waals surface area contributed by atoms with Crippen molar-refractivity contribution in [3.63, 3.8) is 0 Å². The Morgan fingerprint density at radius 1 is 1.03 bits per heavy atom. The lowest BCUT2D eigenvalue weighted by Crippen LogP contribution is -2.14. The summed E-state index contributed by atoms with van der Waals surface area (Å²) < 4.78 is 16.4. The number of halogens is 2. The molecular formula is C23H22ClFN4O2. The summed E-state index contributed by atoms with van der Waals surface area (Å²) in [5, 5.41) is 11.7. The third-order valence-electron chi connectivity index (χ3n) is 5.35. The average Bonchev–Trinajstić information content (AvgIpc) is 3.02. The molecule has 0 radical (unpaired) electrons. The molecule has 6 nitrogen and oxygen atoms in total. The molecule has 160 valence electrons. The Labute approximate surface area is 184 Å². The quantitative estimate of drug-likeness (QED) is 0.543. The highest BCUT2D eigenvalue weighted by Gasteiger charge is 2.18. The molecule has 0 spiro atoms. The highest BCUT2D eigenvalue weighted by Crippen LogP contribution is 2.26. The van der Waals surface area contributed by atoms with Gasteiger partial charge >= 0.3 is 0 Å². The van der Waals surface area contributed by atoms with Crippen molar-refractivity contribution in [1.29, 1.82) is 0 Å². The maximum absolute atomic E-state index is 14.3. The molecule has 8 heteroatoms. The van der Waals surface area contributed by atoms with Gasteiger partial charge in [-0.3, -0.25) is 9.59 Å². The summed E-state index contributed by atoms with van der Waals surface area (Å²) in [6.45, 7) is 0.823. The van der Waals surface area contributed by atoms with Crippen LogP contribution in [0.3, 0.4) is 0 Å². The number of rotatable bonds is 6. The molecule has 2 heterocycles. The lowest BCUT2D eigenvalue weighted by molar-refractivity contribution is -0.116. The fraction of sp³-hybridized carbons (Fsp3) is 0.304. The molecule has 0 unspecified atom stereocenters. The first-order valence-electron chi connectivity index (χ1n) is 10.3. The minimum atomic E-state index is -0.545. The highest BCUT2D eigenvalue weighted by atomic mass is 35.5. The number of aryl methyl sites for hydroxylation is 1. The molecule has 1 N–H and O–H groups in total. The summed E-state index contributed by atoms with van der Waals surface area (Å²) in [5.74, 6) is 0.454. The highest BCUT2D eigenvalue weighted by molar-refractivity contribution is 6.30. The van der Waals surface area contributed by atoms with Crippen LogP contribution in [0.2, 0.25) is 5.02 Å². The van der Waals surface area contributed by atoms with Gasteiger partial charge in [0.05, 0.1) is 5.69 Å². The predicted octanol–water partition coefficient (Wildman–Crippen LogP) is 5.07. The van der Waals surface area contributed by atoms with E-state index in [1.165, 1.54) is 6.07 Å². The fourth-order valence-electron chi connectivity index (χ4n) is 3.68. The molecule has 0 atom stereocenters. The van der Waals surface area contributed by atoms with Gasteiger partial charge in [0, 0.05) is 42.0 Å². The Morgan fingerprint density at radius 2 is 1.84 bits per heavy atom. The van der Waals surface area contributed by atoms with Gasteiger partial charge in [0.25, 0.3) is 0 Å². The van der Waals surface area contributed by atoms with E-state index in [-0.39, 0.29) is 24.3 Å². The van der Waals surface area contributed by atoms with E-state index in [2.05, 4.69) is 20.1 Å². The molecule has 0 aliphatic carbocycles. The van der Waals surface area contributed by atoms with Gasteiger partial charge in [-0.2, -0.15) is 0 Å². The van der Waals surface area contributed by atoms with E-state index >= 15 is 0 Å². The minimum absolute atomic E-state index is 0.0203. The summed E-state index contributed by atoms with van der Waals surface area (Å²) in [6.07, 6.45) is 4.11. The topological polar surface area (TPSA) is 76.9 Å². The first kappa shape index (κ1) is 21.2. The van der Waals surface area contributed by atoms with Gasteiger partial charge in [0.1, 0.15) is 11.6 Å². The van der Waals surface area contributed by atoms with E-state index in [4.69, 9.17) is 11.6 Å². The van der Waals surface area contributed by atoms with E-state index in [0.717, 1.165) is 38.1 Å². The monoisotopic (exact) mass is 440 g/mol. The van der Waals surface area contributed by atoms with Gasteiger partial charge < -0.3 is 9.88 Å². The fourth-order valence-corrected chi connectivity index (χ4v) is 3.80. The van der Waals surface area contributed by atoms with Crippen LogP contribution in [-0.2, 0) is 17.8 Å². The van der Waals surface area contributed by atoms with Gasteiger partial charge in [-0.25, -0.2) is 4.39 Å². The summed E-state index contributed by atoms with van der Waals surface area (Å²) in [4.78, 5) is 24.6. The number of hydrogen-bond acceptors (Lipinski definition) is 4. The van der Waals surface area contributed by atoms with Crippen molar-refractivity contribution >= 4 is 29.0 Å². The van der Waals surface area contributed by atoms with Crippen LogP contribution in [0.25, 0.3) is 11.4 Å². The number of Topliss-reactive ketones (excluding diaryl/α,β-unsaturated/α-hetero) is 1. The minimum Gasteiger partial charge on any atom is -0.324 e. The van der Waals surface area contributed by atoms with Crippen molar-refractivity contribution in [3.8, 4) is 11.4 Å². The second-order valence-electron chi connectivity index (χ2n) is 7.58. The molecule has 1 aliphatic rings. The predicted molar refractivity (Wildman–Crippen MR) is 117 cm³/mol. The molecule has 4 rings (SSSR count). The van der Waals surface area contributed by atoms with Crippen molar-refractivity contribution in [2.45, 2.75) is 45.1 Å². The zero-order valence-corrected chi connectivity index (χ0v) is 17.7. The number of ketones is 1. The Morgan fingerprint density at radius 3 is 2.65 bits per heavy atom. The van der Waals surface area contributed by atoms with Crippen molar-refractivity contribution in [2.24, 2.45) is 0 Å². The van der Waals surface area contributed by atoms with E-state index in [1.54, 1.807) is 36.4 Å². The summed E-state index contributed by atoms with van der Waals surface area (Å²) in [7, 11) is 0. The van der Waals surface area contributed by atoms with Crippen LogP contribution in [0.1, 0.15) is 48.3 Å². The molecular weight excluding hydrogens is 419 g/mol. The normalized spacial score (nSPS) is 13.4.